The molecule has 0 aliphatic carbocycles. The number of oxazole rings is 1. The minimum Gasteiger partial charge on any atom is -0.457 e. The minimum absolute atomic E-state index is 0.602. The number of fused-ring (bicyclic) bond motifs is 1. The molecular weight excluding hydrogens is 437 g/mol. The van der Waals surface area contributed by atoms with E-state index >= 15 is 0 Å². The monoisotopic (exact) mass is 447 g/mol. The van der Waals surface area contributed by atoms with Gasteiger partial charge >= 0.3 is 0 Å². The lowest BCUT2D eigenvalue weighted by Gasteiger charge is -2.04. The number of ether oxygens (including phenoxy) is 1. The number of rotatable bonds is 3. The van der Waals surface area contributed by atoms with Crippen LogP contribution in [0.15, 0.2) is 71.1 Å². The molecule has 5 heteroatoms. The summed E-state index contributed by atoms with van der Waals surface area (Å²) in [6, 6.07) is 20.9. The summed E-state index contributed by atoms with van der Waals surface area (Å²) >= 11 is 8.16. The summed E-state index contributed by atoms with van der Waals surface area (Å²) in [5.74, 6) is 2.01. The third-order valence-corrected chi connectivity index (χ3v) is 4.47. The first kappa shape index (κ1) is 15.5. The lowest BCUT2D eigenvalue weighted by molar-refractivity contribution is 0.482. The Morgan fingerprint density at radius 1 is 0.875 bits per heavy atom. The summed E-state index contributed by atoms with van der Waals surface area (Å²) in [7, 11) is 0. The van der Waals surface area contributed by atoms with E-state index in [2.05, 4.69) is 27.6 Å². The van der Waals surface area contributed by atoms with E-state index in [1.807, 2.05) is 54.6 Å². The molecule has 0 N–H and O–H groups in total. The number of nitrogens with zero attached hydrogens (tertiary/aromatic N) is 1. The number of halogens is 2. The van der Waals surface area contributed by atoms with Crippen LogP contribution >= 0.6 is 34.2 Å². The summed E-state index contributed by atoms with van der Waals surface area (Å²) in [5, 5.41) is 0.676. The van der Waals surface area contributed by atoms with Crippen LogP contribution < -0.4 is 4.74 Å². The van der Waals surface area contributed by atoms with E-state index in [1.54, 1.807) is 12.1 Å². The Morgan fingerprint density at radius 3 is 2.33 bits per heavy atom. The molecule has 0 amide bonds. The molecule has 0 saturated carbocycles. The molecule has 4 rings (SSSR count). The normalized spacial score (nSPS) is 10.9. The van der Waals surface area contributed by atoms with Crippen molar-refractivity contribution >= 4 is 45.3 Å². The molecular formula is C19H11ClINO2. The van der Waals surface area contributed by atoms with Crippen molar-refractivity contribution in [1.82, 2.24) is 4.98 Å². The van der Waals surface area contributed by atoms with Gasteiger partial charge in [0, 0.05) is 20.2 Å². The van der Waals surface area contributed by atoms with E-state index in [0.29, 0.717) is 22.2 Å². The molecule has 0 radical (unpaired) electrons. The SMILES string of the molecule is Clc1ccc(Oc2ccc3nc(-c4ccc(I)cc4)oc3c2)cc1. The molecule has 0 saturated heterocycles. The molecule has 1 heterocycles. The molecule has 0 unspecified atom stereocenters. The zero-order valence-corrected chi connectivity index (χ0v) is 15.3. The van der Waals surface area contributed by atoms with E-state index in [9.17, 15) is 0 Å². The molecule has 0 spiro atoms. The van der Waals surface area contributed by atoms with Crippen LogP contribution in [0.5, 0.6) is 11.5 Å². The fourth-order valence-electron chi connectivity index (χ4n) is 2.32. The van der Waals surface area contributed by atoms with Crippen LogP contribution in [-0.2, 0) is 0 Å². The first-order valence-corrected chi connectivity index (χ1v) is 8.73. The van der Waals surface area contributed by atoms with Gasteiger partial charge in [-0.1, -0.05) is 11.6 Å². The first-order chi connectivity index (χ1) is 11.7. The maximum atomic E-state index is 5.88. The number of aromatic nitrogens is 1. The van der Waals surface area contributed by atoms with E-state index in [1.165, 1.54) is 3.57 Å². The highest BCUT2D eigenvalue weighted by Crippen LogP contribution is 2.30. The fourth-order valence-corrected chi connectivity index (χ4v) is 2.81. The standard InChI is InChI=1S/C19H11ClINO2/c20-13-3-7-15(8-4-13)23-16-9-10-17-18(11-16)24-19(22-17)12-1-5-14(21)6-2-12/h1-11H. The van der Waals surface area contributed by atoms with E-state index < -0.39 is 0 Å². The molecule has 118 valence electrons. The predicted octanol–water partition coefficient (Wildman–Crippen LogP) is 6.55. The number of hydrogen-bond acceptors (Lipinski definition) is 3. The van der Waals surface area contributed by atoms with Crippen LogP contribution in [0.2, 0.25) is 5.02 Å². The second-order valence-electron chi connectivity index (χ2n) is 5.21. The minimum atomic E-state index is 0.602. The van der Waals surface area contributed by atoms with E-state index in [-0.39, 0.29) is 0 Å². The van der Waals surface area contributed by atoms with Crippen molar-refractivity contribution in [2.75, 3.05) is 0 Å². The molecule has 0 atom stereocenters. The van der Waals surface area contributed by atoms with Gasteiger partial charge in [0.1, 0.15) is 17.0 Å². The maximum absolute atomic E-state index is 5.88. The van der Waals surface area contributed by atoms with Crippen molar-refractivity contribution in [1.29, 1.82) is 0 Å². The third kappa shape index (κ3) is 3.25. The Balaban J connectivity index is 1.65. The molecule has 3 aromatic carbocycles. The second kappa shape index (κ2) is 6.45. The predicted molar refractivity (Wildman–Crippen MR) is 104 cm³/mol. The highest BCUT2D eigenvalue weighted by Gasteiger charge is 2.09. The van der Waals surface area contributed by atoms with Gasteiger partial charge in [0.25, 0.3) is 0 Å². The summed E-state index contributed by atoms with van der Waals surface area (Å²) in [4.78, 5) is 4.53. The van der Waals surface area contributed by atoms with Gasteiger partial charge in [0.15, 0.2) is 5.58 Å². The molecule has 0 bridgehead atoms. The summed E-state index contributed by atoms with van der Waals surface area (Å²) in [6.45, 7) is 0. The smallest absolute Gasteiger partial charge is 0.227 e. The van der Waals surface area contributed by atoms with Crippen LogP contribution in [0.1, 0.15) is 0 Å². The van der Waals surface area contributed by atoms with Crippen molar-refractivity contribution in [2.45, 2.75) is 0 Å². The fraction of sp³-hybridized carbons (Fsp3) is 0. The molecule has 4 aromatic rings. The zero-order valence-electron chi connectivity index (χ0n) is 12.4. The lowest BCUT2D eigenvalue weighted by atomic mass is 10.2. The van der Waals surface area contributed by atoms with Gasteiger partial charge in [-0.25, -0.2) is 4.98 Å². The van der Waals surface area contributed by atoms with Gasteiger partial charge in [-0.05, 0) is 83.3 Å². The third-order valence-electron chi connectivity index (χ3n) is 3.50. The summed E-state index contributed by atoms with van der Waals surface area (Å²) < 4.78 is 12.9. The highest BCUT2D eigenvalue weighted by molar-refractivity contribution is 14.1. The molecule has 0 fully saturated rings. The van der Waals surface area contributed by atoms with Crippen LogP contribution in [0.3, 0.4) is 0 Å². The molecule has 1 aromatic heterocycles. The lowest BCUT2D eigenvalue weighted by Crippen LogP contribution is -1.83. The first-order valence-electron chi connectivity index (χ1n) is 7.27. The van der Waals surface area contributed by atoms with Gasteiger partial charge in [0.05, 0.1) is 0 Å². The van der Waals surface area contributed by atoms with Crippen molar-refractivity contribution in [2.24, 2.45) is 0 Å². The van der Waals surface area contributed by atoms with Crippen molar-refractivity contribution in [3.05, 3.63) is 75.3 Å². The van der Waals surface area contributed by atoms with Crippen LogP contribution in [-0.4, -0.2) is 4.98 Å². The average molecular weight is 448 g/mol. The molecule has 24 heavy (non-hydrogen) atoms. The van der Waals surface area contributed by atoms with E-state index in [0.717, 1.165) is 16.8 Å². The average Bonchev–Trinajstić information content (AvgIpc) is 3.01. The topological polar surface area (TPSA) is 35.3 Å². The molecule has 0 aliphatic heterocycles. The van der Waals surface area contributed by atoms with Crippen LogP contribution in [0, 0.1) is 3.57 Å². The van der Waals surface area contributed by atoms with Crippen molar-refractivity contribution < 1.29 is 9.15 Å². The molecule has 0 aliphatic rings. The Bertz CT molecular complexity index is 994. The van der Waals surface area contributed by atoms with Gasteiger partial charge in [-0.2, -0.15) is 0 Å². The quantitative estimate of drug-likeness (QED) is 0.334. The summed E-state index contributed by atoms with van der Waals surface area (Å²) in [5.41, 5.74) is 2.44. The highest BCUT2D eigenvalue weighted by atomic mass is 127. The zero-order chi connectivity index (χ0) is 16.5. The molecule has 3 nitrogen and oxygen atoms in total. The van der Waals surface area contributed by atoms with Crippen molar-refractivity contribution in [3.63, 3.8) is 0 Å². The Hall–Kier alpha value is -2.05. The second-order valence-corrected chi connectivity index (χ2v) is 6.89. The van der Waals surface area contributed by atoms with Gasteiger partial charge in [-0.15, -0.1) is 0 Å². The Labute approximate surface area is 157 Å². The number of benzene rings is 3. The Kier molecular flexibility index (Phi) is 4.16. The largest absolute Gasteiger partial charge is 0.457 e. The van der Waals surface area contributed by atoms with Crippen molar-refractivity contribution in [3.8, 4) is 23.0 Å². The van der Waals surface area contributed by atoms with Gasteiger partial charge < -0.3 is 9.15 Å². The van der Waals surface area contributed by atoms with Gasteiger partial charge in [0.2, 0.25) is 5.89 Å². The summed E-state index contributed by atoms with van der Waals surface area (Å²) in [6.07, 6.45) is 0. The van der Waals surface area contributed by atoms with E-state index in [4.69, 9.17) is 20.8 Å². The van der Waals surface area contributed by atoms with Crippen LogP contribution in [0.4, 0.5) is 0 Å². The maximum Gasteiger partial charge on any atom is 0.227 e. The Morgan fingerprint density at radius 2 is 1.58 bits per heavy atom. The van der Waals surface area contributed by atoms with Gasteiger partial charge in [-0.3, -0.25) is 0 Å². The number of hydrogen-bond donors (Lipinski definition) is 0. The van der Waals surface area contributed by atoms with Crippen LogP contribution in [0.25, 0.3) is 22.6 Å².